The molecule has 0 radical (unpaired) electrons. The highest BCUT2D eigenvalue weighted by molar-refractivity contribution is 9.10. The van der Waals surface area contributed by atoms with E-state index in [1.807, 2.05) is 37.3 Å². The summed E-state index contributed by atoms with van der Waals surface area (Å²) < 4.78 is 0.840. The third kappa shape index (κ3) is 3.82. The number of carbonyl (C=O) groups excluding carboxylic acids is 2. The van der Waals surface area contributed by atoms with Crippen LogP contribution in [-0.4, -0.2) is 28.2 Å². The molecule has 1 fully saturated rings. The van der Waals surface area contributed by atoms with Crippen LogP contribution in [0.2, 0.25) is 0 Å². The smallest absolute Gasteiger partial charge is 0.229 e. The first kappa shape index (κ1) is 16.6. The maximum absolute atomic E-state index is 12.5. The number of halogens is 1. The molecule has 1 saturated heterocycles. The van der Waals surface area contributed by atoms with Crippen LogP contribution < -0.4 is 5.32 Å². The Balaban J connectivity index is 1.63. The van der Waals surface area contributed by atoms with Crippen molar-refractivity contribution in [3.63, 3.8) is 0 Å². The van der Waals surface area contributed by atoms with Gasteiger partial charge in [0.05, 0.1) is 11.6 Å². The van der Waals surface area contributed by atoms with E-state index in [1.54, 1.807) is 17.3 Å². The minimum Gasteiger partial charge on any atom is -0.337 e. The lowest BCUT2D eigenvalue weighted by molar-refractivity contribution is -0.128. The largest absolute Gasteiger partial charge is 0.337 e. The summed E-state index contributed by atoms with van der Waals surface area (Å²) in [7, 11) is 0. The number of nitrogens with one attached hydrogen (secondary N) is 1. The molecule has 2 heterocycles. The maximum Gasteiger partial charge on any atom is 0.229 e. The maximum atomic E-state index is 12.5. The van der Waals surface area contributed by atoms with Gasteiger partial charge in [0.1, 0.15) is 0 Å². The van der Waals surface area contributed by atoms with Crippen molar-refractivity contribution in [3.05, 3.63) is 58.3 Å². The quantitative estimate of drug-likeness (QED) is 0.876. The van der Waals surface area contributed by atoms with Crippen molar-refractivity contribution >= 4 is 33.4 Å². The number of aryl methyl sites for hydroxylation is 1. The predicted molar refractivity (Wildman–Crippen MR) is 95.3 cm³/mol. The zero-order chi connectivity index (χ0) is 17.1. The minimum atomic E-state index is -0.331. The summed E-state index contributed by atoms with van der Waals surface area (Å²) in [6, 6.07) is 9.52. The molecule has 1 aliphatic rings. The van der Waals surface area contributed by atoms with E-state index in [9.17, 15) is 9.59 Å². The van der Waals surface area contributed by atoms with Crippen molar-refractivity contribution in [2.24, 2.45) is 5.92 Å². The van der Waals surface area contributed by atoms with Crippen LogP contribution in [0, 0.1) is 12.8 Å². The first-order chi connectivity index (χ1) is 11.5. The van der Waals surface area contributed by atoms with Crippen molar-refractivity contribution in [3.8, 4) is 0 Å². The summed E-state index contributed by atoms with van der Waals surface area (Å²) >= 11 is 3.45. The molecule has 0 saturated carbocycles. The van der Waals surface area contributed by atoms with Gasteiger partial charge in [0, 0.05) is 36.4 Å². The molecule has 1 aromatic heterocycles. The molecule has 0 aliphatic carbocycles. The summed E-state index contributed by atoms with van der Waals surface area (Å²) in [4.78, 5) is 30.4. The Morgan fingerprint density at radius 2 is 2.25 bits per heavy atom. The number of likely N-dealkylation sites (tertiary alicyclic amines) is 1. The normalized spacial score (nSPS) is 17.2. The summed E-state index contributed by atoms with van der Waals surface area (Å²) in [6.45, 7) is 2.91. The lowest BCUT2D eigenvalue weighted by Gasteiger charge is -2.16. The lowest BCUT2D eigenvalue weighted by Crippen LogP contribution is -2.28. The van der Waals surface area contributed by atoms with E-state index < -0.39 is 0 Å². The van der Waals surface area contributed by atoms with Gasteiger partial charge in [0.15, 0.2) is 0 Å². The van der Waals surface area contributed by atoms with Crippen molar-refractivity contribution < 1.29 is 9.59 Å². The highest BCUT2D eigenvalue weighted by Crippen LogP contribution is 2.26. The van der Waals surface area contributed by atoms with Crippen LogP contribution in [0.25, 0.3) is 0 Å². The number of rotatable bonds is 4. The van der Waals surface area contributed by atoms with Crippen molar-refractivity contribution in [2.45, 2.75) is 19.9 Å². The fourth-order valence-electron chi connectivity index (χ4n) is 2.77. The molecule has 3 rings (SSSR count). The van der Waals surface area contributed by atoms with E-state index in [4.69, 9.17) is 0 Å². The molecule has 2 aromatic rings. The predicted octanol–water partition coefficient (Wildman–Crippen LogP) is 3.14. The molecule has 1 aliphatic heterocycles. The topological polar surface area (TPSA) is 62.3 Å². The third-order valence-electron chi connectivity index (χ3n) is 4.06. The highest BCUT2D eigenvalue weighted by Gasteiger charge is 2.34. The zero-order valence-electron chi connectivity index (χ0n) is 13.3. The Hall–Kier alpha value is -2.21. The number of benzene rings is 1. The highest BCUT2D eigenvalue weighted by atomic mass is 79.9. The van der Waals surface area contributed by atoms with Crippen LogP contribution in [0.15, 0.2) is 47.2 Å². The number of carbonyl (C=O) groups is 2. The van der Waals surface area contributed by atoms with E-state index in [0.717, 1.165) is 21.3 Å². The van der Waals surface area contributed by atoms with Gasteiger partial charge in [-0.05, 0) is 52.2 Å². The average Bonchev–Trinajstić information content (AvgIpc) is 2.92. The summed E-state index contributed by atoms with van der Waals surface area (Å²) in [5.74, 6) is -0.453. The number of hydrogen-bond donors (Lipinski definition) is 1. The van der Waals surface area contributed by atoms with Gasteiger partial charge in [-0.2, -0.15) is 0 Å². The van der Waals surface area contributed by atoms with Gasteiger partial charge in [0.25, 0.3) is 0 Å². The molecule has 0 bridgehead atoms. The average molecular weight is 388 g/mol. The second kappa shape index (κ2) is 7.13. The number of pyridine rings is 1. The Bertz CT molecular complexity index is 764. The lowest BCUT2D eigenvalue weighted by atomic mass is 10.1. The Morgan fingerprint density at radius 3 is 2.96 bits per heavy atom. The Morgan fingerprint density at radius 1 is 1.42 bits per heavy atom. The molecular weight excluding hydrogens is 370 g/mol. The van der Waals surface area contributed by atoms with Crippen LogP contribution in [0.4, 0.5) is 5.69 Å². The first-order valence-electron chi connectivity index (χ1n) is 7.76. The van der Waals surface area contributed by atoms with Gasteiger partial charge in [-0.1, -0.05) is 12.1 Å². The summed E-state index contributed by atoms with van der Waals surface area (Å²) in [5, 5.41) is 2.91. The summed E-state index contributed by atoms with van der Waals surface area (Å²) in [6.07, 6.45) is 3.69. The summed E-state index contributed by atoms with van der Waals surface area (Å²) in [5.41, 5.74) is 2.80. The van der Waals surface area contributed by atoms with Gasteiger partial charge in [-0.25, -0.2) is 0 Å². The Kier molecular flexibility index (Phi) is 4.94. The van der Waals surface area contributed by atoms with E-state index in [0.29, 0.717) is 13.1 Å². The third-order valence-corrected chi connectivity index (χ3v) is 4.72. The van der Waals surface area contributed by atoms with Gasteiger partial charge >= 0.3 is 0 Å². The van der Waals surface area contributed by atoms with Crippen molar-refractivity contribution in [1.82, 2.24) is 9.88 Å². The second-order valence-corrected chi connectivity index (χ2v) is 6.86. The number of nitrogens with zero attached hydrogens (tertiary/aromatic N) is 2. The fourth-order valence-corrected chi connectivity index (χ4v) is 3.36. The van der Waals surface area contributed by atoms with E-state index in [2.05, 4.69) is 26.2 Å². The van der Waals surface area contributed by atoms with Crippen molar-refractivity contribution in [1.29, 1.82) is 0 Å². The molecule has 24 heavy (non-hydrogen) atoms. The molecule has 1 aromatic carbocycles. The monoisotopic (exact) mass is 387 g/mol. The second-order valence-electron chi connectivity index (χ2n) is 6.01. The van der Waals surface area contributed by atoms with Crippen LogP contribution in [0.5, 0.6) is 0 Å². The molecule has 2 amide bonds. The minimum absolute atomic E-state index is 0.00183. The van der Waals surface area contributed by atoms with Gasteiger partial charge in [0.2, 0.25) is 11.8 Å². The molecule has 1 atom stereocenters. The van der Waals surface area contributed by atoms with E-state index >= 15 is 0 Å². The van der Waals surface area contributed by atoms with Gasteiger partial charge in [-0.15, -0.1) is 0 Å². The number of aromatic nitrogens is 1. The van der Waals surface area contributed by atoms with Crippen LogP contribution >= 0.6 is 15.9 Å². The SMILES string of the molecule is Cc1ccc(NC(=O)C2CC(=O)N(Cc3cccnc3)C2)c(Br)c1. The molecule has 1 unspecified atom stereocenters. The van der Waals surface area contributed by atoms with Gasteiger partial charge < -0.3 is 10.2 Å². The first-order valence-corrected chi connectivity index (χ1v) is 8.56. The molecule has 124 valence electrons. The molecule has 5 nitrogen and oxygen atoms in total. The zero-order valence-corrected chi connectivity index (χ0v) is 14.9. The fraction of sp³-hybridized carbons (Fsp3) is 0.278. The number of hydrogen-bond acceptors (Lipinski definition) is 3. The molecular formula is C18H18BrN3O2. The molecule has 0 spiro atoms. The van der Waals surface area contributed by atoms with Crippen LogP contribution in [0.3, 0.4) is 0 Å². The van der Waals surface area contributed by atoms with Gasteiger partial charge in [-0.3, -0.25) is 14.6 Å². The molecule has 1 N–H and O–H groups in total. The number of amides is 2. The standard InChI is InChI=1S/C18H18BrN3O2/c1-12-4-5-16(15(19)7-12)21-18(24)14-8-17(23)22(11-14)10-13-3-2-6-20-9-13/h2-7,9,14H,8,10-11H2,1H3,(H,21,24). The molecule has 6 heteroatoms. The van der Waals surface area contributed by atoms with Crippen LogP contribution in [-0.2, 0) is 16.1 Å². The van der Waals surface area contributed by atoms with E-state index in [1.165, 1.54) is 0 Å². The van der Waals surface area contributed by atoms with Crippen molar-refractivity contribution in [2.75, 3.05) is 11.9 Å². The number of anilines is 1. The van der Waals surface area contributed by atoms with E-state index in [-0.39, 0.29) is 24.2 Å². The Labute approximate surface area is 149 Å². The van der Waals surface area contributed by atoms with Crippen LogP contribution in [0.1, 0.15) is 17.5 Å².